The summed E-state index contributed by atoms with van der Waals surface area (Å²) in [5.41, 5.74) is -0.594. The van der Waals surface area contributed by atoms with Gasteiger partial charge in [-0.25, -0.2) is 4.79 Å². The number of carbonyl (C=O) groups is 1. The summed E-state index contributed by atoms with van der Waals surface area (Å²) >= 11 is 0. The molecule has 3 heterocycles. The predicted molar refractivity (Wildman–Crippen MR) is 181 cm³/mol. The van der Waals surface area contributed by atoms with Crippen LogP contribution in [0.4, 0.5) is 0 Å². The zero-order valence-electron chi connectivity index (χ0n) is 27.9. The summed E-state index contributed by atoms with van der Waals surface area (Å²) in [5, 5.41) is 100. The molecule has 2 saturated heterocycles. The fourth-order valence-electron chi connectivity index (χ4n) is 5.78. The number of rotatable bonds is 10. The van der Waals surface area contributed by atoms with Crippen LogP contribution in [-0.4, -0.2) is 132 Å². The van der Waals surface area contributed by atoms with Gasteiger partial charge in [0.2, 0.25) is 23.8 Å². The summed E-state index contributed by atoms with van der Waals surface area (Å²) < 4.78 is 33.2. The smallest absolute Gasteiger partial charge is 0.336 e. The van der Waals surface area contributed by atoms with E-state index in [0.29, 0.717) is 5.56 Å². The third-order valence-electron chi connectivity index (χ3n) is 8.73. The molecule has 1 aromatic heterocycles. The summed E-state index contributed by atoms with van der Waals surface area (Å²) in [4.78, 5) is 26.6. The minimum Gasteiger partial charge on any atom is -0.508 e. The quantitative estimate of drug-likeness (QED) is 0.0519. The number of carbonyl (C=O) groups excluding carboxylic acids is 1. The Bertz CT molecular complexity index is 2020. The van der Waals surface area contributed by atoms with Crippen LogP contribution < -0.4 is 19.6 Å². The molecule has 2 aliphatic rings. The fraction of sp³-hybridized carbons (Fsp3) is 0.333. The van der Waals surface area contributed by atoms with Gasteiger partial charge < -0.3 is 79.2 Å². The van der Waals surface area contributed by atoms with Crippen LogP contribution in [-0.2, 0) is 14.3 Å². The highest BCUT2D eigenvalue weighted by Gasteiger charge is 2.46. The number of ether oxygens (including phenoxy) is 5. The summed E-state index contributed by atoms with van der Waals surface area (Å²) in [5.74, 6) is -2.66. The highest BCUT2D eigenvalue weighted by molar-refractivity contribution is 5.91. The number of phenols is 2. The maximum Gasteiger partial charge on any atom is 0.336 e. The van der Waals surface area contributed by atoms with E-state index in [1.54, 1.807) is 0 Å². The highest BCUT2D eigenvalue weighted by atomic mass is 16.7. The number of aliphatic hydroxyl groups excluding tert-OH is 8. The minimum absolute atomic E-state index is 0.129. The normalized spacial score (nSPS) is 28.6. The van der Waals surface area contributed by atoms with Crippen molar-refractivity contribution >= 4 is 23.0 Å². The number of aliphatic hydroxyl groups is 8. The molecule has 3 aromatic carbocycles. The maximum atomic E-state index is 13.8. The molecule has 288 valence electrons. The molecular formula is C36H36O18. The Balaban J connectivity index is 1.21. The maximum absolute atomic E-state index is 13.8. The average Bonchev–Trinajstić information content (AvgIpc) is 3.15. The van der Waals surface area contributed by atoms with Crippen LogP contribution in [0.15, 0.2) is 76.0 Å². The van der Waals surface area contributed by atoms with Crippen molar-refractivity contribution in [1.29, 1.82) is 0 Å². The van der Waals surface area contributed by atoms with Gasteiger partial charge in [-0.05, 0) is 48.0 Å². The van der Waals surface area contributed by atoms with Gasteiger partial charge in [0.1, 0.15) is 82.8 Å². The van der Waals surface area contributed by atoms with Crippen LogP contribution in [0.1, 0.15) is 5.56 Å². The van der Waals surface area contributed by atoms with Crippen molar-refractivity contribution in [3.05, 3.63) is 82.5 Å². The Hall–Kier alpha value is -5.12. The standard InChI is InChI=1S/C36H36O18/c37-13-22-26(42)29(45)31(47)35(52-22)50-18-8-1-15(2-9-18)3-10-24(41)49-19-11-20(40)25-21(12-19)51-33(16-4-6-17(39)7-5-16)34(28(25)44)54-36-32(48)30(46)27(43)23(14-38)53-36/h1-12,22-23,26-27,29-32,35-40,42-43,45-48H,13-14H2/t22-,23-,26-,27-,29-,30-,31-,32-,35-,36-/m1/s1. The Labute approximate surface area is 304 Å². The number of esters is 1. The second-order valence-corrected chi connectivity index (χ2v) is 12.4. The van der Waals surface area contributed by atoms with Crippen molar-refractivity contribution in [2.45, 2.75) is 61.4 Å². The van der Waals surface area contributed by atoms with Gasteiger partial charge in [0.15, 0.2) is 5.76 Å². The molecule has 18 nitrogen and oxygen atoms in total. The van der Waals surface area contributed by atoms with Gasteiger partial charge in [0.05, 0.1) is 13.2 Å². The molecule has 0 radical (unpaired) electrons. The third kappa shape index (κ3) is 7.88. The van der Waals surface area contributed by atoms with Crippen molar-refractivity contribution < 1.29 is 84.0 Å². The Morgan fingerprint density at radius 3 is 1.85 bits per heavy atom. The van der Waals surface area contributed by atoms with Crippen molar-refractivity contribution in [1.82, 2.24) is 0 Å². The molecule has 0 unspecified atom stereocenters. The van der Waals surface area contributed by atoms with E-state index >= 15 is 0 Å². The molecule has 2 fully saturated rings. The van der Waals surface area contributed by atoms with Crippen LogP contribution in [0.5, 0.6) is 28.7 Å². The van der Waals surface area contributed by atoms with E-state index in [-0.39, 0.29) is 34.2 Å². The first-order valence-electron chi connectivity index (χ1n) is 16.4. The predicted octanol–water partition coefficient (Wildman–Crippen LogP) is -1.15. The van der Waals surface area contributed by atoms with E-state index in [1.807, 2.05) is 0 Å². The molecule has 2 aliphatic heterocycles. The number of aromatic hydroxyl groups is 2. The SMILES string of the molecule is O=C(C=Cc1ccc(O[C@@H]2O[C@H](CO)[C@@H](O)[C@@H](O)[C@H]2O)cc1)Oc1cc(O)c2c(=O)c(O[C@H]3O[C@H](CO)[C@@H](O)[C@@H](O)[C@H]3O)c(-c3ccc(O)cc3)oc2c1. The summed E-state index contributed by atoms with van der Waals surface area (Å²) in [7, 11) is 0. The van der Waals surface area contributed by atoms with Crippen LogP contribution in [0, 0.1) is 0 Å². The van der Waals surface area contributed by atoms with E-state index in [0.717, 1.165) is 18.2 Å². The van der Waals surface area contributed by atoms with Crippen molar-refractivity contribution in [3.63, 3.8) is 0 Å². The van der Waals surface area contributed by atoms with Crippen molar-refractivity contribution in [2.75, 3.05) is 13.2 Å². The lowest BCUT2D eigenvalue weighted by Gasteiger charge is -2.39. The zero-order chi connectivity index (χ0) is 38.8. The van der Waals surface area contributed by atoms with Gasteiger partial charge in [0, 0.05) is 23.8 Å². The van der Waals surface area contributed by atoms with E-state index < -0.39 is 103 Å². The molecule has 0 saturated carbocycles. The van der Waals surface area contributed by atoms with Crippen molar-refractivity contribution in [2.24, 2.45) is 0 Å². The van der Waals surface area contributed by atoms with Crippen LogP contribution in [0.3, 0.4) is 0 Å². The van der Waals surface area contributed by atoms with E-state index in [9.17, 15) is 60.7 Å². The first kappa shape index (κ1) is 38.6. The highest BCUT2D eigenvalue weighted by Crippen LogP contribution is 2.38. The van der Waals surface area contributed by atoms with Gasteiger partial charge >= 0.3 is 5.97 Å². The summed E-state index contributed by atoms with van der Waals surface area (Å²) in [6, 6.07) is 13.4. The molecule has 0 amide bonds. The molecular weight excluding hydrogens is 720 g/mol. The van der Waals surface area contributed by atoms with Crippen LogP contribution in [0.25, 0.3) is 28.4 Å². The first-order chi connectivity index (χ1) is 25.8. The van der Waals surface area contributed by atoms with E-state index in [4.69, 9.17) is 28.1 Å². The second-order valence-electron chi connectivity index (χ2n) is 12.4. The molecule has 18 heteroatoms. The molecule has 0 aliphatic carbocycles. The average molecular weight is 757 g/mol. The van der Waals surface area contributed by atoms with Gasteiger partial charge in [-0.2, -0.15) is 0 Å². The molecule has 54 heavy (non-hydrogen) atoms. The van der Waals surface area contributed by atoms with Gasteiger partial charge in [-0.15, -0.1) is 0 Å². The number of hydrogen-bond donors (Lipinski definition) is 10. The number of phenolic OH excluding ortho intramolecular Hbond substituents is 2. The molecule has 10 atom stereocenters. The molecule has 10 N–H and O–H groups in total. The van der Waals surface area contributed by atoms with Gasteiger partial charge in [0.25, 0.3) is 0 Å². The molecule has 0 spiro atoms. The number of hydrogen-bond acceptors (Lipinski definition) is 18. The van der Waals surface area contributed by atoms with E-state index in [2.05, 4.69) is 0 Å². The lowest BCUT2D eigenvalue weighted by molar-refractivity contribution is -0.277. The van der Waals surface area contributed by atoms with Gasteiger partial charge in [-0.3, -0.25) is 4.79 Å². The Kier molecular flexibility index (Phi) is 11.5. The Morgan fingerprint density at radius 2 is 1.28 bits per heavy atom. The zero-order valence-corrected chi connectivity index (χ0v) is 27.9. The molecule has 4 aromatic rings. The lowest BCUT2D eigenvalue weighted by Crippen LogP contribution is -2.60. The van der Waals surface area contributed by atoms with Crippen molar-refractivity contribution in [3.8, 4) is 40.1 Å². The fourth-order valence-corrected chi connectivity index (χ4v) is 5.78. The first-order valence-corrected chi connectivity index (χ1v) is 16.4. The Morgan fingerprint density at radius 1 is 0.704 bits per heavy atom. The molecule has 6 rings (SSSR count). The largest absolute Gasteiger partial charge is 0.508 e. The number of benzene rings is 3. The lowest BCUT2D eigenvalue weighted by atomic mass is 9.99. The molecule has 0 bridgehead atoms. The van der Waals surface area contributed by atoms with E-state index in [1.165, 1.54) is 54.6 Å². The summed E-state index contributed by atoms with van der Waals surface area (Å²) in [6.07, 6.45) is -13.5. The number of fused-ring (bicyclic) bond motifs is 1. The topological polar surface area (TPSA) is 296 Å². The minimum atomic E-state index is -1.89. The second kappa shape index (κ2) is 16.1. The third-order valence-corrected chi connectivity index (χ3v) is 8.73. The van der Waals surface area contributed by atoms with Gasteiger partial charge in [-0.1, -0.05) is 12.1 Å². The monoisotopic (exact) mass is 756 g/mol. The summed E-state index contributed by atoms with van der Waals surface area (Å²) in [6.45, 7) is -1.39. The van der Waals surface area contributed by atoms with Crippen LogP contribution >= 0.6 is 0 Å². The van der Waals surface area contributed by atoms with Crippen LogP contribution in [0.2, 0.25) is 0 Å².